The first-order valence-electron chi connectivity index (χ1n) is 5.37. The predicted molar refractivity (Wildman–Crippen MR) is 78.2 cm³/mol. The van der Waals surface area contributed by atoms with Gasteiger partial charge in [-0.05, 0) is 36.4 Å². The van der Waals surface area contributed by atoms with Crippen molar-refractivity contribution in [3.8, 4) is 0 Å². The van der Waals surface area contributed by atoms with Crippen LogP contribution in [0.5, 0.6) is 0 Å². The Morgan fingerprint density at radius 2 is 1.79 bits per heavy atom. The number of anilines is 3. The Morgan fingerprint density at radius 1 is 1.11 bits per heavy atom. The number of benzene rings is 2. The molecule has 100 valence electrons. The van der Waals surface area contributed by atoms with Gasteiger partial charge in [0.15, 0.2) is 0 Å². The highest BCUT2D eigenvalue weighted by molar-refractivity contribution is 9.10. The first-order chi connectivity index (χ1) is 8.97. The average Bonchev–Trinajstić information content (AvgIpc) is 2.34. The van der Waals surface area contributed by atoms with Crippen molar-refractivity contribution in [3.63, 3.8) is 0 Å². The van der Waals surface area contributed by atoms with E-state index >= 15 is 0 Å². The van der Waals surface area contributed by atoms with Crippen LogP contribution in [0.4, 0.5) is 25.8 Å². The Balaban J connectivity index is 2.38. The third kappa shape index (κ3) is 3.36. The molecule has 0 bridgehead atoms. The van der Waals surface area contributed by atoms with Gasteiger partial charge in [-0.1, -0.05) is 27.5 Å². The molecule has 0 saturated heterocycles. The molecule has 0 radical (unpaired) electrons. The van der Waals surface area contributed by atoms with Crippen LogP contribution < -0.4 is 11.1 Å². The van der Waals surface area contributed by atoms with E-state index in [2.05, 4.69) is 21.2 Å². The molecule has 0 atom stereocenters. The van der Waals surface area contributed by atoms with Crippen LogP contribution in [-0.4, -0.2) is 0 Å². The van der Waals surface area contributed by atoms with Gasteiger partial charge in [-0.3, -0.25) is 0 Å². The molecule has 2 aromatic carbocycles. The quantitative estimate of drug-likeness (QED) is 0.733. The zero-order valence-corrected chi connectivity index (χ0v) is 12.0. The SMILES string of the molecule is Nc1ccc(Nc2ccc(Br)cc2Cl)c(C(F)F)c1. The summed E-state index contributed by atoms with van der Waals surface area (Å²) in [6, 6.07) is 9.48. The van der Waals surface area contributed by atoms with Crippen molar-refractivity contribution in [1.82, 2.24) is 0 Å². The summed E-state index contributed by atoms with van der Waals surface area (Å²) in [4.78, 5) is 0. The lowest BCUT2D eigenvalue weighted by Gasteiger charge is -2.13. The smallest absolute Gasteiger partial charge is 0.265 e. The normalized spacial score (nSPS) is 10.8. The first kappa shape index (κ1) is 14.1. The molecule has 2 aromatic rings. The monoisotopic (exact) mass is 346 g/mol. The summed E-state index contributed by atoms with van der Waals surface area (Å²) in [6.07, 6.45) is -2.61. The van der Waals surface area contributed by atoms with Gasteiger partial charge in [-0.15, -0.1) is 0 Å². The molecule has 0 unspecified atom stereocenters. The molecule has 2 nitrogen and oxygen atoms in total. The van der Waals surface area contributed by atoms with Gasteiger partial charge in [0, 0.05) is 21.4 Å². The summed E-state index contributed by atoms with van der Waals surface area (Å²) in [5.41, 5.74) is 6.49. The molecular formula is C13H10BrClF2N2. The summed E-state index contributed by atoms with van der Waals surface area (Å²) >= 11 is 9.32. The predicted octanol–water partition coefficient (Wildman–Crippen LogP) is 5.37. The number of rotatable bonds is 3. The highest BCUT2D eigenvalue weighted by atomic mass is 79.9. The van der Waals surface area contributed by atoms with E-state index in [9.17, 15) is 8.78 Å². The van der Waals surface area contributed by atoms with Crippen molar-refractivity contribution in [3.05, 3.63) is 51.5 Å². The number of nitrogen functional groups attached to an aromatic ring is 1. The van der Waals surface area contributed by atoms with Crippen LogP contribution in [0.1, 0.15) is 12.0 Å². The van der Waals surface area contributed by atoms with Gasteiger partial charge in [-0.2, -0.15) is 0 Å². The van der Waals surface area contributed by atoms with E-state index in [4.69, 9.17) is 17.3 Å². The summed E-state index contributed by atoms with van der Waals surface area (Å²) in [5.74, 6) is 0. The minimum atomic E-state index is -2.61. The molecule has 0 aliphatic rings. The lowest BCUT2D eigenvalue weighted by atomic mass is 10.1. The maximum absolute atomic E-state index is 12.9. The van der Waals surface area contributed by atoms with E-state index < -0.39 is 6.43 Å². The molecule has 0 aliphatic heterocycles. The minimum Gasteiger partial charge on any atom is -0.399 e. The molecule has 0 fully saturated rings. The lowest BCUT2D eigenvalue weighted by molar-refractivity contribution is 0.152. The second-order valence-electron chi connectivity index (χ2n) is 3.90. The molecule has 3 N–H and O–H groups in total. The number of hydrogen-bond donors (Lipinski definition) is 2. The number of halogens is 4. The molecule has 2 rings (SSSR count). The third-order valence-corrected chi connectivity index (χ3v) is 3.32. The summed E-state index contributed by atoms with van der Waals surface area (Å²) in [7, 11) is 0. The maximum atomic E-state index is 12.9. The van der Waals surface area contributed by atoms with Crippen LogP contribution in [0.2, 0.25) is 5.02 Å². The third-order valence-electron chi connectivity index (χ3n) is 2.51. The van der Waals surface area contributed by atoms with Gasteiger partial charge in [0.05, 0.1) is 10.7 Å². The highest BCUT2D eigenvalue weighted by Crippen LogP contribution is 2.34. The van der Waals surface area contributed by atoms with Crippen LogP contribution >= 0.6 is 27.5 Å². The lowest BCUT2D eigenvalue weighted by Crippen LogP contribution is -1.99. The first-order valence-corrected chi connectivity index (χ1v) is 6.54. The Bertz CT molecular complexity index is 605. The molecule has 0 spiro atoms. The van der Waals surface area contributed by atoms with Gasteiger partial charge < -0.3 is 11.1 Å². The Hall–Kier alpha value is -1.33. The van der Waals surface area contributed by atoms with Crippen molar-refractivity contribution in [2.45, 2.75) is 6.43 Å². The van der Waals surface area contributed by atoms with Crippen molar-refractivity contribution >= 4 is 44.6 Å². The van der Waals surface area contributed by atoms with Gasteiger partial charge in [-0.25, -0.2) is 8.78 Å². The van der Waals surface area contributed by atoms with E-state index in [1.165, 1.54) is 12.1 Å². The number of hydrogen-bond acceptors (Lipinski definition) is 2. The Kier molecular flexibility index (Phi) is 4.27. The second-order valence-corrected chi connectivity index (χ2v) is 5.22. The molecule has 0 saturated carbocycles. The molecule has 0 amide bonds. The van der Waals surface area contributed by atoms with E-state index in [-0.39, 0.29) is 11.3 Å². The number of nitrogens with two attached hydrogens (primary N) is 1. The molecule has 0 aromatic heterocycles. The Morgan fingerprint density at radius 3 is 2.42 bits per heavy atom. The van der Waals surface area contributed by atoms with Crippen molar-refractivity contribution in [2.75, 3.05) is 11.1 Å². The zero-order valence-electron chi connectivity index (χ0n) is 9.63. The summed E-state index contributed by atoms with van der Waals surface area (Å²) in [6.45, 7) is 0. The van der Waals surface area contributed by atoms with Crippen LogP contribution in [0.25, 0.3) is 0 Å². The van der Waals surface area contributed by atoms with Gasteiger partial charge >= 0.3 is 0 Å². The number of alkyl halides is 2. The molecule has 6 heteroatoms. The van der Waals surface area contributed by atoms with Crippen LogP contribution in [-0.2, 0) is 0 Å². The van der Waals surface area contributed by atoms with Crippen LogP contribution in [0.15, 0.2) is 40.9 Å². The van der Waals surface area contributed by atoms with Gasteiger partial charge in [0.2, 0.25) is 0 Å². The summed E-state index contributed by atoms with van der Waals surface area (Å²) < 4.78 is 26.7. The second kappa shape index (κ2) is 5.75. The highest BCUT2D eigenvalue weighted by Gasteiger charge is 2.14. The largest absolute Gasteiger partial charge is 0.399 e. The van der Waals surface area contributed by atoms with E-state index in [0.29, 0.717) is 16.4 Å². The fraction of sp³-hybridized carbons (Fsp3) is 0.0769. The van der Waals surface area contributed by atoms with E-state index in [1.807, 2.05) is 0 Å². The standard InChI is InChI=1S/C13H10BrClF2N2/c14-7-1-3-12(10(15)5-7)19-11-4-2-8(18)6-9(11)13(16)17/h1-6,13,19H,18H2. The van der Waals surface area contributed by atoms with Gasteiger partial charge in [0.1, 0.15) is 0 Å². The molecular weight excluding hydrogens is 338 g/mol. The topological polar surface area (TPSA) is 38.0 Å². The van der Waals surface area contributed by atoms with Crippen molar-refractivity contribution in [1.29, 1.82) is 0 Å². The number of nitrogens with one attached hydrogen (secondary N) is 1. The fourth-order valence-corrected chi connectivity index (χ4v) is 2.33. The average molecular weight is 348 g/mol. The van der Waals surface area contributed by atoms with Gasteiger partial charge in [0.25, 0.3) is 6.43 Å². The van der Waals surface area contributed by atoms with Crippen molar-refractivity contribution < 1.29 is 8.78 Å². The Labute approximate surface area is 122 Å². The molecule has 19 heavy (non-hydrogen) atoms. The fourth-order valence-electron chi connectivity index (χ4n) is 1.61. The van der Waals surface area contributed by atoms with E-state index in [1.54, 1.807) is 24.3 Å². The molecule has 0 aliphatic carbocycles. The maximum Gasteiger partial charge on any atom is 0.265 e. The van der Waals surface area contributed by atoms with Crippen LogP contribution in [0, 0.1) is 0 Å². The molecule has 0 heterocycles. The van der Waals surface area contributed by atoms with E-state index in [0.717, 1.165) is 4.47 Å². The van der Waals surface area contributed by atoms with Crippen molar-refractivity contribution in [2.24, 2.45) is 0 Å². The zero-order chi connectivity index (χ0) is 14.0. The summed E-state index contributed by atoms with van der Waals surface area (Å²) in [5, 5.41) is 3.32. The minimum absolute atomic E-state index is 0.154. The van der Waals surface area contributed by atoms with Crippen LogP contribution in [0.3, 0.4) is 0 Å².